The summed E-state index contributed by atoms with van der Waals surface area (Å²) < 4.78 is 6.05. The van der Waals surface area contributed by atoms with Gasteiger partial charge in [-0.05, 0) is 36.0 Å². The minimum absolute atomic E-state index is 0.178. The average Bonchev–Trinajstić information content (AvgIpc) is 3.07. The zero-order valence-electron chi connectivity index (χ0n) is 15.0. The summed E-state index contributed by atoms with van der Waals surface area (Å²) >= 11 is 0. The van der Waals surface area contributed by atoms with Gasteiger partial charge in [-0.2, -0.15) is 0 Å². The van der Waals surface area contributed by atoms with E-state index >= 15 is 0 Å². The molecule has 4 rings (SSSR count). The van der Waals surface area contributed by atoms with Gasteiger partial charge in [-0.1, -0.05) is 73.3 Å². The van der Waals surface area contributed by atoms with Crippen molar-refractivity contribution in [2.24, 2.45) is 11.1 Å². The van der Waals surface area contributed by atoms with E-state index in [1.54, 1.807) is 6.08 Å². The molecule has 2 aromatic carbocycles. The fourth-order valence-corrected chi connectivity index (χ4v) is 3.89. The summed E-state index contributed by atoms with van der Waals surface area (Å²) in [6.07, 6.45) is 3.77. The van der Waals surface area contributed by atoms with E-state index in [-0.39, 0.29) is 5.41 Å². The van der Waals surface area contributed by atoms with Crippen molar-refractivity contribution < 1.29 is 9.25 Å². The Kier molecular flexibility index (Phi) is 4.37. The van der Waals surface area contributed by atoms with Gasteiger partial charge >= 0.3 is 0 Å². The molecule has 0 spiro atoms. The number of nitrogens with zero attached hydrogens (tertiary/aromatic N) is 1. The minimum Gasteiger partial charge on any atom is -0.455 e. The van der Waals surface area contributed by atoms with Crippen LogP contribution < -0.4 is 0 Å². The first-order valence-electron chi connectivity index (χ1n) is 9.05. The van der Waals surface area contributed by atoms with Crippen LogP contribution in [-0.2, 0) is 10.3 Å². The summed E-state index contributed by atoms with van der Waals surface area (Å²) in [6, 6.07) is 20.8. The molecule has 0 saturated heterocycles. The van der Waals surface area contributed by atoms with E-state index in [1.807, 2.05) is 18.2 Å². The molecule has 1 aliphatic carbocycles. The van der Waals surface area contributed by atoms with E-state index in [2.05, 4.69) is 61.1 Å². The van der Waals surface area contributed by atoms with E-state index in [9.17, 15) is 0 Å². The maximum Gasteiger partial charge on any atom is 0.153 e. The first kappa shape index (κ1) is 16.6. The van der Waals surface area contributed by atoms with Crippen molar-refractivity contribution in [3.8, 4) is 0 Å². The molecule has 0 bridgehead atoms. The molecule has 1 heterocycles. The number of hydrogen-bond acceptors (Lipinski definition) is 3. The summed E-state index contributed by atoms with van der Waals surface area (Å²) in [7, 11) is 0. The Morgan fingerprint density at radius 3 is 2.65 bits per heavy atom. The molecule has 1 aromatic heterocycles. The van der Waals surface area contributed by atoms with Gasteiger partial charge < -0.3 is 9.25 Å². The highest BCUT2D eigenvalue weighted by atomic mass is 16.6. The summed E-state index contributed by atoms with van der Waals surface area (Å²) in [4.78, 5) is 5.44. The van der Waals surface area contributed by atoms with Crippen LogP contribution in [0.4, 0.5) is 0 Å². The predicted octanol–water partition coefficient (Wildman–Crippen LogP) is 5.71. The number of benzene rings is 2. The Morgan fingerprint density at radius 1 is 1.19 bits per heavy atom. The van der Waals surface area contributed by atoms with E-state index < -0.39 is 0 Å². The van der Waals surface area contributed by atoms with Crippen molar-refractivity contribution >= 4 is 16.7 Å². The SMILES string of the molecule is C=CCO/N=C(/c1cc2ccccc2o1)C1CC(C)(c2ccccc2)C1. The highest BCUT2D eigenvalue weighted by Crippen LogP contribution is 2.49. The second-order valence-corrected chi connectivity index (χ2v) is 7.24. The first-order chi connectivity index (χ1) is 12.7. The summed E-state index contributed by atoms with van der Waals surface area (Å²) in [5.41, 5.74) is 3.34. The molecule has 3 aromatic rings. The number of para-hydroxylation sites is 1. The fraction of sp³-hybridized carbons (Fsp3) is 0.261. The Hall–Kier alpha value is -2.81. The summed E-state index contributed by atoms with van der Waals surface area (Å²) in [6.45, 7) is 6.40. The maximum absolute atomic E-state index is 6.05. The lowest BCUT2D eigenvalue weighted by atomic mass is 9.58. The lowest BCUT2D eigenvalue weighted by Gasteiger charge is -2.45. The Bertz CT molecular complexity index is 900. The van der Waals surface area contributed by atoms with Gasteiger partial charge in [-0.25, -0.2) is 0 Å². The van der Waals surface area contributed by atoms with E-state index in [0.29, 0.717) is 12.5 Å². The van der Waals surface area contributed by atoms with Crippen LogP contribution in [0.3, 0.4) is 0 Å². The second kappa shape index (κ2) is 6.83. The predicted molar refractivity (Wildman–Crippen MR) is 105 cm³/mol. The number of furan rings is 1. The molecule has 0 N–H and O–H groups in total. The van der Waals surface area contributed by atoms with E-state index in [4.69, 9.17) is 9.25 Å². The van der Waals surface area contributed by atoms with Crippen molar-refractivity contribution in [1.29, 1.82) is 0 Å². The van der Waals surface area contributed by atoms with Gasteiger partial charge in [0.1, 0.15) is 17.9 Å². The molecule has 3 nitrogen and oxygen atoms in total. The number of rotatable bonds is 6. The molecule has 26 heavy (non-hydrogen) atoms. The van der Waals surface area contributed by atoms with Gasteiger partial charge in [0, 0.05) is 11.3 Å². The molecule has 3 heteroatoms. The zero-order chi connectivity index (χ0) is 18.0. The molecule has 0 unspecified atom stereocenters. The van der Waals surface area contributed by atoms with Gasteiger partial charge in [0.05, 0.1) is 0 Å². The number of oxime groups is 1. The zero-order valence-corrected chi connectivity index (χ0v) is 15.0. The van der Waals surface area contributed by atoms with Gasteiger partial charge in [-0.3, -0.25) is 0 Å². The minimum atomic E-state index is 0.178. The van der Waals surface area contributed by atoms with Gasteiger partial charge in [-0.15, -0.1) is 0 Å². The van der Waals surface area contributed by atoms with Crippen molar-refractivity contribution in [3.05, 3.63) is 84.6 Å². The molecule has 1 aliphatic rings. The van der Waals surface area contributed by atoms with E-state index in [1.165, 1.54) is 5.56 Å². The highest BCUT2D eigenvalue weighted by molar-refractivity contribution is 6.03. The summed E-state index contributed by atoms with van der Waals surface area (Å²) in [5.74, 6) is 1.13. The standard InChI is InChI=1S/C23H23NO2/c1-3-13-25-24-22(21-14-17-9-7-8-12-20(17)26-21)18-15-23(2,16-18)19-10-5-4-6-11-19/h3-12,14,18H,1,13,15-16H2,2H3/b24-22+. The smallest absolute Gasteiger partial charge is 0.153 e. The molecule has 0 atom stereocenters. The molecule has 0 radical (unpaired) electrons. The van der Waals surface area contributed by atoms with E-state index in [0.717, 1.165) is 35.3 Å². The third-order valence-electron chi connectivity index (χ3n) is 5.28. The number of hydrogen-bond donors (Lipinski definition) is 0. The average molecular weight is 345 g/mol. The number of fused-ring (bicyclic) bond motifs is 1. The van der Waals surface area contributed by atoms with Crippen LogP contribution >= 0.6 is 0 Å². The van der Waals surface area contributed by atoms with Crippen LogP contribution in [0.1, 0.15) is 31.1 Å². The molecule has 1 fully saturated rings. The molecule has 0 amide bonds. The first-order valence-corrected chi connectivity index (χ1v) is 9.05. The van der Waals surface area contributed by atoms with Crippen LogP contribution in [0.2, 0.25) is 0 Å². The van der Waals surface area contributed by atoms with Crippen LogP contribution in [0.5, 0.6) is 0 Å². The van der Waals surface area contributed by atoms with Crippen LogP contribution in [-0.4, -0.2) is 12.3 Å². The fourth-order valence-electron chi connectivity index (χ4n) is 3.89. The topological polar surface area (TPSA) is 34.7 Å². The van der Waals surface area contributed by atoms with Crippen LogP contribution in [0, 0.1) is 5.92 Å². The van der Waals surface area contributed by atoms with Crippen LogP contribution in [0.25, 0.3) is 11.0 Å². The lowest BCUT2D eigenvalue weighted by molar-refractivity contribution is 0.161. The monoisotopic (exact) mass is 345 g/mol. The Morgan fingerprint density at radius 2 is 1.92 bits per heavy atom. The van der Waals surface area contributed by atoms with Crippen molar-refractivity contribution in [2.45, 2.75) is 25.2 Å². The van der Waals surface area contributed by atoms with Crippen molar-refractivity contribution in [3.63, 3.8) is 0 Å². The van der Waals surface area contributed by atoms with Crippen molar-refractivity contribution in [1.82, 2.24) is 0 Å². The molecule has 132 valence electrons. The summed E-state index contributed by atoms with van der Waals surface area (Å²) in [5, 5.41) is 5.50. The third kappa shape index (κ3) is 3.05. The highest BCUT2D eigenvalue weighted by Gasteiger charge is 2.45. The largest absolute Gasteiger partial charge is 0.455 e. The van der Waals surface area contributed by atoms with Crippen LogP contribution in [0.15, 0.2) is 82.9 Å². The van der Waals surface area contributed by atoms with Gasteiger partial charge in [0.25, 0.3) is 0 Å². The third-order valence-corrected chi connectivity index (χ3v) is 5.28. The lowest BCUT2D eigenvalue weighted by Crippen LogP contribution is -2.42. The Labute approximate surface area is 154 Å². The normalized spacial score (nSPS) is 22.8. The Balaban J connectivity index is 1.61. The van der Waals surface area contributed by atoms with Gasteiger partial charge in [0.2, 0.25) is 0 Å². The molecule has 0 aliphatic heterocycles. The van der Waals surface area contributed by atoms with Crippen molar-refractivity contribution in [2.75, 3.05) is 6.61 Å². The second-order valence-electron chi connectivity index (χ2n) is 7.24. The maximum atomic E-state index is 6.05. The molecular formula is C23H23NO2. The molecular weight excluding hydrogens is 322 g/mol. The van der Waals surface area contributed by atoms with Gasteiger partial charge in [0.15, 0.2) is 5.76 Å². The quantitative estimate of drug-likeness (QED) is 0.248. The molecule has 1 saturated carbocycles.